The number of anilines is 2. The van der Waals surface area contributed by atoms with Crippen LogP contribution in [0.15, 0.2) is 48.5 Å². The monoisotopic (exact) mass is 397 g/mol. The first-order valence-corrected chi connectivity index (χ1v) is 10.2. The maximum Gasteiger partial charge on any atom is 0.224 e. The number of nitrogens with zero attached hydrogens (tertiary/aromatic N) is 2. The zero-order valence-electron chi connectivity index (χ0n) is 17.6. The summed E-state index contributed by atoms with van der Waals surface area (Å²) in [5, 5.41) is 3.34. The van der Waals surface area contributed by atoms with Crippen molar-refractivity contribution >= 4 is 17.3 Å². The average molecular weight is 398 g/mol. The van der Waals surface area contributed by atoms with Gasteiger partial charge in [-0.15, -0.1) is 0 Å². The molecule has 0 aromatic heterocycles. The number of piperazine rings is 1. The molecule has 1 amide bonds. The Bertz CT molecular complexity index is 801. The zero-order valence-corrected chi connectivity index (χ0v) is 17.6. The van der Waals surface area contributed by atoms with Crippen LogP contribution in [0.5, 0.6) is 11.5 Å². The van der Waals surface area contributed by atoms with Crippen molar-refractivity contribution in [1.29, 1.82) is 0 Å². The highest BCUT2D eigenvalue weighted by atomic mass is 16.5. The molecule has 2 aromatic carbocycles. The number of methoxy groups -OCH3 is 1. The van der Waals surface area contributed by atoms with Gasteiger partial charge in [0.25, 0.3) is 0 Å². The van der Waals surface area contributed by atoms with Crippen LogP contribution in [0.3, 0.4) is 0 Å². The highest BCUT2D eigenvalue weighted by Crippen LogP contribution is 2.28. The number of carbonyl (C=O) groups excluding carboxylic acids is 1. The molecular weight excluding hydrogens is 366 g/mol. The van der Waals surface area contributed by atoms with Gasteiger partial charge in [0.05, 0.1) is 24.6 Å². The number of para-hydroxylation sites is 4. The van der Waals surface area contributed by atoms with Crippen molar-refractivity contribution in [3.63, 3.8) is 0 Å². The van der Waals surface area contributed by atoms with Crippen LogP contribution in [-0.4, -0.2) is 56.7 Å². The van der Waals surface area contributed by atoms with E-state index in [1.54, 1.807) is 7.11 Å². The lowest BCUT2D eigenvalue weighted by atomic mass is 10.2. The summed E-state index contributed by atoms with van der Waals surface area (Å²) in [6, 6.07) is 15.9. The third-order valence-electron chi connectivity index (χ3n) is 4.96. The Morgan fingerprint density at radius 2 is 1.66 bits per heavy atom. The highest BCUT2D eigenvalue weighted by molar-refractivity contribution is 5.77. The molecule has 1 aliphatic heterocycles. The molecule has 6 heteroatoms. The minimum absolute atomic E-state index is 0.110. The molecule has 0 aliphatic carbocycles. The van der Waals surface area contributed by atoms with Gasteiger partial charge in [0.2, 0.25) is 5.91 Å². The summed E-state index contributed by atoms with van der Waals surface area (Å²) in [6.07, 6.45) is 0.573. The van der Waals surface area contributed by atoms with Crippen molar-refractivity contribution in [1.82, 2.24) is 4.90 Å². The number of nitrogens with one attached hydrogen (secondary N) is 1. The lowest BCUT2D eigenvalue weighted by Crippen LogP contribution is -2.49. The Hall–Kier alpha value is -2.89. The van der Waals surface area contributed by atoms with Crippen molar-refractivity contribution in [3.05, 3.63) is 48.5 Å². The van der Waals surface area contributed by atoms with Crippen LogP contribution < -0.4 is 19.7 Å². The second-order valence-corrected chi connectivity index (χ2v) is 7.38. The maximum atomic E-state index is 12.6. The summed E-state index contributed by atoms with van der Waals surface area (Å²) in [5.74, 6) is 1.87. The van der Waals surface area contributed by atoms with E-state index in [9.17, 15) is 4.79 Å². The van der Waals surface area contributed by atoms with Gasteiger partial charge in [-0.3, -0.25) is 4.79 Å². The summed E-state index contributed by atoms with van der Waals surface area (Å²) >= 11 is 0. The standard InChI is InChI=1S/C23H31N3O3/c1-18(2)29-21-10-6-4-8-19(21)24-13-12-23(27)26-16-14-25(15-17-26)20-9-5-7-11-22(20)28-3/h4-11,18,24H,12-17H2,1-3H3. The van der Waals surface area contributed by atoms with E-state index in [2.05, 4.69) is 16.3 Å². The molecule has 1 fully saturated rings. The van der Waals surface area contributed by atoms with Crippen LogP contribution in [-0.2, 0) is 4.79 Å². The van der Waals surface area contributed by atoms with Crippen molar-refractivity contribution in [2.45, 2.75) is 26.4 Å². The number of benzene rings is 2. The number of carbonyl (C=O) groups is 1. The summed E-state index contributed by atoms with van der Waals surface area (Å²) in [5.41, 5.74) is 2.01. The summed E-state index contributed by atoms with van der Waals surface area (Å²) in [6.45, 7) is 7.67. The van der Waals surface area contributed by atoms with Gasteiger partial charge < -0.3 is 24.6 Å². The Kier molecular flexibility index (Phi) is 7.22. The SMILES string of the molecule is COc1ccccc1N1CCN(C(=O)CCNc2ccccc2OC(C)C)CC1. The number of rotatable bonds is 8. The van der Waals surface area contributed by atoms with E-state index in [-0.39, 0.29) is 12.0 Å². The van der Waals surface area contributed by atoms with Crippen LogP contribution in [0.2, 0.25) is 0 Å². The summed E-state index contributed by atoms with van der Waals surface area (Å²) < 4.78 is 11.3. The van der Waals surface area contributed by atoms with Gasteiger partial charge in [0.15, 0.2) is 0 Å². The number of amides is 1. The molecule has 156 valence electrons. The zero-order chi connectivity index (χ0) is 20.6. The molecule has 0 atom stereocenters. The first kappa shape index (κ1) is 20.8. The number of hydrogen-bond donors (Lipinski definition) is 1. The largest absolute Gasteiger partial charge is 0.495 e. The Morgan fingerprint density at radius 3 is 2.34 bits per heavy atom. The molecule has 1 N–H and O–H groups in total. The molecule has 2 aromatic rings. The molecule has 29 heavy (non-hydrogen) atoms. The molecule has 0 radical (unpaired) electrons. The van der Waals surface area contributed by atoms with Crippen LogP contribution in [0, 0.1) is 0 Å². The van der Waals surface area contributed by atoms with Gasteiger partial charge in [-0.2, -0.15) is 0 Å². The average Bonchev–Trinajstić information content (AvgIpc) is 2.74. The van der Waals surface area contributed by atoms with Gasteiger partial charge >= 0.3 is 0 Å². The normalized spacial score (nSPS) is 14.1. The molecule has 3 rings (SSSR count). The molecule has 1 heterocycles. The third kappa shape index (κ3) is 5.56. The molecule has 0 spiro atoms. The second kappa shape index (κ2) is 10.0. The summed E-state index contributed by atoms with van der Waals surface area (Å²) in [7, 11) is 1.69. The predicted octanol–water partition coefficient (Wildman–Crippen LogP) is 3.63. The van der Waals surface area contributed by atoms with Crippen LogP contribution >= 0.6 is 0 Å². The van der Waals surface area contributed by atoms with E-state index < -0.39 is 0 Å². The van der Waals surface area contributed by atoms with Gasteiger partial charge in [0.1, 0.15) is 11.5 Å². The first-order valence-electron chi connectivity index (χ1n) is 10.2. The van der Waals surface area contributed by atoms with Crippen molar-refractivity contribution in [3.8, 4) is 11.5 Å². The third-order valence-corrected chi connectivity index (χ3v) is 4.96. The minimum atomic E-state index is 0.110. The molecule has 6 nitrogen and oxygen atoms in total. The fraction of sp³-hybridized carbons (Fsp3) is 0.435. The van der Waals surface area contributed by atoms with E-state index >= 15 is 0 Å². The van der Waals surface area contributed by atoms with E-state index in [1.165, 1.54) is 0 Å². The van der Waals surface area contributed by atoms with Crippen molar-refractivity contribution < 1.29 is 14.3 Å². The smallest absolute Gasteiger partial charge is 0.224 e. The second-order valence-electron chi connectivity index (χ2n) is 7.38. The summed E-state index contributed by atoms with van der Waals surface area (Å²) in [4.78, 5) is 16.9. The Morgan fingerprint density at radius 1 is 1.00 bits per heavy atom. The van der Waals surface area contributed by atoms with Crippen LogP contribution in [0.25, 0.3) is 0 Å². The fourth-order valence-corrected chi connectivity index (χ4v) is 3.52. The number of hydrogen-bond acceptors (Lipinski definition) is 5. The molecule has 0 bridgehead atoms. The molecule has 1 saturated heterocycles. The highest BCUT2D eigenvalue weighted by Gasteiger charge is 2.22. The predicted molar refractivity (Wildman–Crippen MR) is 117 cm³/mol. The van der Waals surface area contributed by atoms with Crippen molar-refractivity contribution in [2.24, 2.45) is 0 Å². The van der Waals surface area contributed by atoms with E-state index in [1.807, 2.05) is 61.2 Å². The Labute approximate surface area is 173 Å². The van der Waals surface area contributed by atoms with Crippen LogP contribution in [0.1, 0.15) is 20.3 Å². The van der Waals surface area contributed by atoms with Gasteiger partial charge in [-0.1, -0.05) is 24.3 Å². The lowest BCUT2D eigenvalue weighted by Gasteiger charge is -2.36. The fourth-order valence-electron chi connectivity index (χ4n) is 3.52. The van der Waals surface area contributed by atoms with Crippen LogP contribution in [0.4, 0.5) is 11.4 Å². The van der Waals surface area contributed by atoms with E-state index in [4.69, 9.17) is 9.47 Å². The van der Waals surface area contributed by atoms with E-state index in [0.29, 0.717) is 13.0 Å². The van der Waals surface area contributed by atoms with E-state index in [0.717, 1.165) is 49.1 Å². The topological polar surface area (TPSA) is 54.0 Å². The van der Waals surface area contributed by atoms with Gasteiger partial charge in [-0.25, -0.2) is 0 Å². The molecular formula is C23H31N3O3. The molecule has 0 unspecified atom stereocenters. The molecule has 0 saturated carbocycles. The van der Waals surface area contributed by atoms with Crippen molar-refractivity contribution in [2.75, 3.05) is 50.1 Å². The molecule has 1 aliphatic rings. The minimum Gasteiger partial charge on any atom is -0.495 e. The first-order chi connectivity index (χ1) is 14.1. The number of ether oxygens (including phenoxy) is 2. The van der Waals surface area contributed by atoms with Gasteiger partial charge in [-0.05, 0) is 38.1 Å². The van der Waals surface area contributed by atoms with Gasteiger partial charge in [0, 0.05) is 39.1 Å². The Balaban J connectivity index is 1.47. The maximum absolute atomic E-state index is 12.6. The quantitative estimate of drug-likeness (QED) is 0.737. The lowest BCUT2D eigenvalue weighted by molar-refractivity contribution is -0.131.